The minimum atomic E-state index is 0.756. The van der Waals surface area contributed by atoms with E-state index in [9.17, 15) is 0 Å². The maximum atomic E-state index is 6.58. The zero-order valence-electron chi connectivity index (χ0n) is 25.2. The fourth-order valence-electron chi connectivity index (χ4n) is 7.09. The maximum absolute atomic E-state index is 6.58. The van der Waals surface area contributed by atoms with Crippen LogP contribution in [0, 0.1) is 0 Å². The van der Waals surface area contributed by atoms with E-state index in [1.807, 2.05) is 36.9 Å². The van der Waals surface area contributed by atoms with Gasteiger partial charge in [0.15, 0.2) is 0 Å². The Labute approximate surface area is 269 Å². The number of fused-ring (bicyclic) bond motifs is 12. The molecular formula is C42H26N4O. The normalized spacial score (nSPS) is 11.8. The van der Waals surface area contributed by atoms with Crippen LogP contribution in [0.3, 0.4) is 0 Å². The first-order chi connectivity index (χ1) is 23.3. The van der Waals surface area contributed by atoms with E-state index in [1.54, 1.807) is 0 Å². The van der Waals surface area contributed by atoms with Crippen molar-refractivity contribution in [2.75, 3.05) is 0 Å². The van der Waals surface area contributed by atoms with Crippen molar-refractivity contribution in [3.63, 3.8) is 0 Å². The van der Waals surface area contributed by atoms with E-state index < -0.39 is 0 Å². The van der Waals surface area contributed by atoms with Crippen LogP contribution in [0.2, 0.25) is 0 Å². The first-order valence-electron chi connectivity index (χ1n) is 15.7. The highest BCUT2D eigenvalue weighted by atomic mass is 16.5. The third-order valence-corrected chi connectivity index (χ3v) is 9.29. The molecule has 5 heteroatoms. The van der Waals surface area contributed by atoms with Crippen molar-refractivity contribution >= 4 is 54.6 Å². The van der Waals surface area contributed by atoms with Crippen LogP contribution in [-0.2, 0) is 0 Å². The highest BCUT2D eigenvalue weighted by molar-refractivity contribution is 6.14. The highest BCUT2D eigenvalue weighted by Gasteiger charge is 2.15. The maximum Gasteiger partial charge on any atom is 0.145 e. The van der Waals surface area contributed by atoms with Crippen LogP contribution < -0.4 is 4.74 Å². The second kappa shape index (κ2) is 10.0. The highest BCUT2D eigenvalue weighted by Crippen LogP contribution is 2.38. The molecule has 47 heavy (non-hydrogen) atoms. The zero-order valence-corrected chi connectivity index (χ0v) is 25.2. The Morgan fingerprint density at radius 1 is 0.383 bits per heavy atom. The van der Waals surface area contributed by atoms with Gasteiger partial charge in [-0.2, -0.15) is 0 Å². The Balaban J connectivity index is 1.11. The molecule has 0 saturated heterocycles. The lowest BCUT2D eigenvalue weighted by atomic mass is 9.99. The zero-order chi connectivity index (χ0) is 30.9. The van der Waals surface area contributed by atoms with Crippen LogP contribution in [-0.4, -0.2) is 18.8 Å². The molecular weight excluding hydrogens is 576 g/mol. The molecule has 10 aromatic rings. The van der Waals surface area contributed by atoms with Crippen LogP contribution in [0.15, 0.2) is 158 Å². The fourth-order valence-corrected chi connectivity index (χ4v) is 7.09. The Bertz CT molecular complexity index is 2620. The fraction of sp³-hybridized carbons (Fsp3) is 0. The van der Waals surface area contributed by atoms with Gasteiger partial charge in [0.05, 0.1) is 11.0 Å². The average molecular weight is 603 g/mol. The molecule has 0 fully saturated rings. The first-order valence-corrected chi connectivity index (χ1v) is 15.7. The number of pyridine rings is 2. The minimum absolute atomic E-state index is 0.756. The molecule has 220 valence electrons. The second-order valence-electron chi connectivity index (χ2n) is 12.0. The molecule has 0 N–H and O–H groups in total. The topological polar surface area (TPSA) is 43.8 Å². The van der Waals surface area contributed by atoms with Crippen LogP contribution in [0.1, 0.15) is 0 Å². The molecule has 6 aromatic carbocycles. The van der Waals surface area contributed by atoms with E-state index in [1.165, 1.54) is 33.0 Å². The summed E-state index contributed by atoms with van der Waals surface area (Å²) in [5, 5.41) is 6.71. The molecule has 4 aromatic heterocycles. The van der Waals surface area contributed by atoms with Gasteiger partial charge in [0.1, 0.15) is 22.8 Å². The Morgan fingerprint density at radius 2 is 0.851 bits per heavy atom. The molecule has 4 heterocycles. The van der Waals surface area contributed by atoms with Gasteiger partial charge >= 0.3 is 0 Å². The molecule has 10 rings (SSSR count). The third-order valence-electron chi connectivity index (χ3n) is 9.29. The standard InChI is InChI=1S/C42H26N4O/c1-3-7-27(8-4-1)29-11-17-39-35(23-29)33-15-13-31(25-37(33)41-43-19-21-45(39)41)47-32-14-16-34-36-24-30(28-9-5-2-6-10-28)12-18-40(36)46-22-20-44-42(46)38(34)26-32/h1-26H. The molecule has 0 aliphatic carbocycles. The van der Waals surface area contributed by atoms with E-state index in [0.29, 0.717) is 0 Å². The SMILES string of the molecule is c1ccc(-c2ccc3c(c2)c2ccc(Oc4ccc5c6cc(-c7ccccc7)ccc6n6ccnc6c5c4)cc2c2nccn32)cc1. The number of hydrogen-bond donors (Lipinski definition) is 0. The third kappa shape index (κ3) is 4.03. The Kier molecular flexibility index (Phi) is 5.51. The summed E-state index contributed by atoms with van der Waals surface area (Å²) in [7, 11) is 0. The number of imidazole rings is 2. The number of hydrogen-bond acceptors (Lipinski definition) is 3. The molecule has 0 aliphatic rings. The number of benzene rings is 6. The Morgan fingerprint density at radius 3 is 1.32 bits per heavy atom. The quantitative estimate of drug-likeness (QED) is 0.188. The summed E-state index contributed by atoms with van der Waals surface area (Å²) in [6, 6.07) is 46.9. The molecule has 0 spiro atoms. The van der Waals surface area contributed by atoms with Gasteiger partial charge in [-0.15, -0.1) is 0 Å². The number of rotatable bonds is 4. The van der Waals surface area contributed by atoms with Crippen molar-refractivity contribution in [3.05, 3.63) is 158 Å². The van der Waals surface area contributed by atoms with E-state index in [-0.39, 0.29) is 0 Å². The molecule has 5 nitrogen and oxygen atoms in total. The van der Waals surface area contributed by atoms with Crippen molar-refractivity contribution in [1.82, 2.24) is 18.8 Å². The summed E-state index contributed by atoms with van der Waals surface area (Å²) in [4.78, 5) is 9.50. The monoisotopic (exact) mass is 602 g/mol. The van der Waals surface area contributed by atoms with Gasteiger partial charge in [-0.3, -0.25) is 8.80 Å². The van der Waals surface area contributed by atoms with Crippen molar-refractivity contribution in [2.24, 2.45) is 0 Å². The van der Waals surface area contributed by atoms with Crippen molar-refractivity contribution in [2.45, 2.75) is 0 Å². The lowest BCUT2D eigenvalue weighted by molar-refractivity contribution is 0.484. The van der Waals surface area contributed by atoms with Gasteiger partial charge in [-0.25, -0.2) is 9.97 Å². The van der Waals surface area contributed by atoms with Gasteiger partial charge in [0.2, 0.25) is 0 Å². The second-order valence-corrected chi connectivity index (χ2v) is 12.0. The summed E-state index contributed by atoms with van der Waals surface area (Å²) < 4.78 is 10.9. The van der Waals surface area contributed by atoms with Crippen LogP contribution >= 0.6 is 0 Å². The molecule has 0 aliphatic heterocycles. The van der Waals surface area contributed by atoms with Gasteiger partial charge in [-0.05, 0) is 93.7 Å². The molecule has 0 radical (unpaired) electrons. The average Bonchev–Trinajstić information content (AvgIpc) is 3.84. The van der Waals surface area contributed by atoms with Crippen molar-refractivity contribution < 1.29 is 4.74 Å². The van der Waals surface area contributed by atoms with E-state index in [0.717, 1.165) is 55.4 Å². The lowest BCUT2D eigenvalue weighted by Crippen LogP contribution is -1.93. The largest absolute Gasteiger partial charge is 0.457 e. The molecule has 0 bridgehead atoms. The predicted octanol–water partition coefficient (Wildman–Crippen LogP) is 10.7. The van der Waals surface area contributed by atoms with Gasteiger partial charge in [0.25, 0.3) is 0 Å². The smallest absolute Gasteiger partial charge is 0.145 e. The molecule has 0 saturated carbocycles. The first kappa shape index (κ1) is 25.8. The van der Waals surface area contributed by atoms with Gasteiger partial charge in [0, 0.05) is 46.3 Å². The lowest BCUT2D eigenvalue weighted by Gasteiger charge is -2.14. The summed E-state index contributed by atoms with van der Waals surface area (Å²) in [6.07, 6.45) is 7.78. The molecule has 0 atom stereocenters. The number of nitrogens with zero attached hydrogens (tertiary/aromatic N) is 4. The predicted molar refractivity (Wildman–Crippen MR) is 191 cm³/mol. The van der Waals surface area contributed by atoms with Crippen molar-refractivity contribution in [3.8, 4) is 33.8 Å². The van der Waals surface area contributed by atoms with E-state index >= 15 is 0 Å². The number of aromatic nitrogens is 4. The summed E-state index contributed by atoms with van der Waals surface area (Å²) in [5.41, 5.74) is 8.82. The molecule has 0 amide bonds. The van der Waals surface area contributed by atoms with Crippen LogP contribution in [0.5, 0.6) is 11.5 Å². The Hall–Kier alpha value is -6.46. The van der Waals surface area contributed by atoms with Gasteiger partial charge < -0.3 is 4.74 Å². The van der Waals surface area contributed by atoms with E-state index in [2.05, 4.69) is 130 Å². The van der Waals surface area contributed by atoms with Crippen LogP contribution in [0.25, 0.3) is 76.9 Å². The van der Waals surface area contributed by atoms with Crippen molar-refractivity contribution in [1.29, 1.82) is 0 Å². The molecule has 0 unspecified atom stereocenters. The summed E-state index contributed by atoms with van der Waals surface area (Å²) in [5.74, 6) is 1.51. The summed E-state index contributed by atoms with van der Waals surface area (Å²) >= 11 is 0. The number of ether oxygens (including phenoxy) is 1. The minimum Gasteiger partial charge on any atom is -0.457 e. The van der Waals surface area contributed by atoms with Gasteiger partial charge in [-0.1, -0.05) is 72.8 Å². The van der Waals surface area contributed by atoms with Crippen LogP contribution in [0.4, 0.5) is 0 Å². The summed E-state index contributed by atoms with van der Waals surface area (Å²) in [6.45, 7) is 0. The van der Waals surface area contributed by atoms with E-state index in [4.69, 9.17) is 14.7 Å².